The van der Waals surface area contributed by atoms with Crippen molar-refractivity contribution in [1.82, 2.24) is 4.31 Å². The molecule has 7 heteroatoms. The Hall–Kier alpha value is -0.240. The molecule has 0 aliphatic carbocycles. The summed E-state index contributed by atoms with van der Waals surface area (Å²) in [7, 11) is -1.70. The lowest BCUT2D eigenvalue weighted by molar-refractivity contribution is 0.198. The molecule has 0 bridgehead atoms. The summed E-state index contributed by atoms with van der Waals surface area (Å²) in [5, 5.41) is 0. The van der Waals surface area contributed by atoms with Gasteiger partial charge in [0.2, 0.25) is 10.0 Å². The summed E-state index contributed by atoms with van der Waals surface area (Å²) in [6.45, 7) is 0.974. The van der Waals surface area contributed by atoms with Crippen LogP contribution in [0.25, 0.3) is 0 Å². The minimum absolute atomic E-state index is 0.0972. The number of nitrogens with zero attached hydrogens (tertiary/aromatic N) is 1. The SMILES string of the molecule is COCCCS(=O)(=O)N1CCCCC1C(N)=S. The lowest BCUT2D eigenvalue weighted by atomic mass is 10.1. The summed E-state index contributed by atoms with van der Waals surface area (Å²) in [4.78, 5) is 0.278. The molecule has 0 amide bonds. The third-order valence-electron chi connectivity index (χ3n) is 2.89. The van der Waals surface area contributed by atoms with Crippen LogP contribution in [0.1, 0.15) is 25.7 Å². The lowest BCUT2D eigenvalue weighted by Gasteiger charge is -2.33. The van der Waals surface area contributed by atoms with E-state index in [1.807, 2.05) is 0 Å². The molecule has 100 valence electrons. The van der Waals surface area contributed by atoms with Crippen molar-refractivity contribution in [3.05, 3.63) is 0 Å². The largest absolute Gasteiger partial charge is 0.392 e. The predicted molar refractivity (Wildman–Crippen MR) is 71.4 cm³/mol. The van der Waals surface area contributed by atoms with Gasteiger partial charge in [0.25, 0.3) is 0 Å². The summed E-state index contributed by atoms with van der Waals surface area (Å²) >= 11 is 4.94. The fourth-order valence-electron chi connectivity index (χ4n) is 2.03. The van der Waals surface area contributed by atoms with E-state index in [1.165, 1.54) is 4.31 Å². The van der Waals surface area contributed by atoms with Gasteiger partial charge in [-0.3, -0.25) is 0 Å². The van der Waals surface area contributed by atoms with E-state index in [9.17, 15) is 8.42 Å². The summed E-state index contributed by atoms with van der Waals surface area (Å²) in [6, 6.07) is -0.300. The normalized spacial score (nSPS) is 22.5. The maximum absolute atomic E-state index is 12.1. The first-order chi connectivity index (χ1) is 7.99. The van der Waals surface area contributed by atoms with Crippen molar-refractivity contribution in [3.63, 3.8) is 0 Å². The first-order valence-electron chi connectivity index (χ1n) is 5.77. The van der Waals surface area contributed by atoms with Gasteiger partial charge in [-0.05, 0) is 19.3 Å². The van der Waals surface area contributed by atoms with Gasteiger partial charge in [0.05, 0.1) is 16.8 Å². The Morgan fingerprint density at radius 2 is 2.24 bits per heavy atom. The van der Waals surface area contributed by atoms with Crippen molar-refractivity contribution in [3.8, 4) is 0 Å². The molecule has 1 rings (SSSR count). The molecule has 0 aromatic carbocycles. The second-order valence-corrected chi connectivity index (χ2v) is 6.70. The molecule has 1 saturated heterocycles. The molecule has 0 aromatic heterocycles. The van der Waals surface area contributed by atoms with Crippen LogP contribution in [0.2, 0.25) is 0 Å². The number of hydrogen-bond acceptors (Lipinski definition) is 4. The first kappa shape index (κ1) is 14.8. The summed E-state index contributed by atoms with van der Waals surface area (Å²) in [6.07, 6.45) is 3.09. The van der Waals surface area contributed by atoms with Gasteiger partial charge in [0.1, 0.15) is 0 Å². The van der Waals surface area contributed by atoms with Crippen molar-refractivity contribution in [2.24, 2.45) is 5.73 Å². The number of methoxy groups -OCH3 is 1. The number of ether oxygens (including phenoxy) is 1. The smallest absolute Gasteiger partial charge is 0.214 e. The topological polar surface area (TPSA) is 72.6 Å². The molecule has 1 heterocycles. The van der Waals surface area contributed by atoms with E-state index < -0.39 is 10.0 Å². The quantitative estimate of drug-likeness (QED) is 0.566. The highest BCUT2D eigenvalue weighted by molar-refractivity contribution is 7.89. The summed E-state index contributed by atoms with van der Waals surface area (Å²) < 4.78 is 30.6. The van der Waals surface area contributed by atoms with E-state index in [1.54, 1.807) is 7.11 Å². The van der Waals surface area contributed by atoms with Crippen LogP contribution >= 0.6 is 12.2 Å². The van der Waals surface area contributed by atoms with E-state index in [4.69, 9.17) is 22.7 Å². The highest BCUT2D eigenvalue weighted by Crippen LogP contribution is 2.21. The fourth-order valence-corrected chi connectivity index (χ4v) is 4.07. The number of sulfonamides is 1. The Kier molecular flexibility index (Phi) is 5.78. The predicted octanol–water partition coefficient (Wildman–Crippen LogP) is 0.493. The summed E-state index contributed by atoms with van der Waals surface area (Å²) in [5.41, 5.74) is 5.61. The minimum atomic E-state index is -3.26. The molecular weight excluding hydrogens is 260 g/mol. The maximum Gasteiger partial charge on any atom is 0.214 e. The first-order valence-corrected chi connectivity index (χ1v) is 7.78. The highest BCUT2D eigenvalue weighted by atomic mass is 32.2. The van der Waals surface area contributed by atoms with Crippen LogP contribution in [0.3, 0.4) is 0 Å². The van der Waals surface area contributed by atoms with Gasteiger partial charge in [-0.1, -0.05) is 18.6 Å². The number of nitrogens with two attached hydrogens (primary N) is 1. The van der Waals surface area contributed by atoms with Gasteiger partial charge in [-0.2, -0.15) is 4.31 Å². The Labute approximate surface area is 108 Å². The van der Waals surface area contributed by atoms with Crippen LogP contribution in [0.15, 0.2) is 0 Å². The fraction of sp³-hybridized carbons (Fsp3) is 0.900. The minimum Gasteiger partial charge on any atom is -0.392 e. The lowest BCUT2D eigenvalue weighted by Crippen LogP contribution is -2.50. The summed E-state index contributed by atoms with van der Waals surface area (Å²) in [5.74, 6) is 0.0972. The van der Waals surface area contributed by atoms with Gasteiger partial charge < -0.3 is 10.5 Å². The average molecular weight is 280 g/mol. The third-order valence-corrected chi connectivity index (χ3v) is 5.12. The number of rotatable bonds is 6. The van der Waals surface area contributed by atoms with Gasteiger partial charge in [-0.15, -0.1) is 0 Å². The Bertz CT molecular complexity index is 357. The molecule has 0 radical (unpaired) electrons. The zero-order valence-electron chi connectivity index (χ0n) is 10.1. The van der Waals surface area contributed by atoms with Crippen LogP contribution in [0, 0.1) is 0 Å². The third kappa shape index (κ3) is 4.17. The second kappa shape index (κ2) is 6.63. The monoisotopic (exact) mass is 280 g/mol. The van der Waals surface area contributed by atoms with Crippen LogP contribution in [-0.4, -0.2) is 49.8 Å². The van der Waals surface area contributed by atoms with Crippen molar-refractivity contribution in [2.45, 2.75) is 31.7 Å². The Morgan fingerprint density at radius 3 is 2.82 bits per heavy atom. The maximum atomic E-state index is 12.1. The van der Waals surface area contributed by atoms with Gasteiger partial charge in [-0.25, -0.2) is 8.42 Å². The van der Waals surface area contributed by atoms with Crippen LogP contribution < -0.4 is 5.73 Å². The molecule has 1 fully saturated rings. The van der Waals surface area contributed by atoms with E-state index >= 15 is 0 Å². The molecular formula is C10H20N2O3S2. The van der Waals surface area contributed by atoms with E-state index in [-0.39, 0.29) is 16.8 Å². The number of thiocarbonyl (C=S) groups is 1. The molecule has 1 atom stereocenters. The molecule has 1 unspecified atom stereocenters. The molecule has 2 N–H and O–H groups in total. The van der Waals surface area contributed by atoms with Crippen LogP contribution in [0.4, 0.5) is 0 Å². The molecule has 0 spiro atoms. The standard InChI is InChI=1S/C10H20N2O3S2/c1-15-7-4-8-17(13,14)12-6-3-2-5-9(12)10(11)16/h9H,2-8H2,1H3,(H2,11,16). The molecule has 1 aliphatic rings. The van der Waals surface area contributed by atoms with Crippen molar-refractivity contribution in [1.29, 1.82) is 0 Å². The average Bonchev–Trinajstić information content (AvgIpc) is 2.29. The Morgan fingerprint density at radius 1 is 1.53 bits per heavy atom. The van der Waals surface area contributed by atoms with E-state index in [2.05, 4.69) is 0 Å². The molecule has 0 saturated carbocycles. The molecule has 17 heavy (non-hydrogen) atoms. The van der Waals surface area contributed by atoms with Gasteiger partial charge >= 0.3 is 0 Å². The molecule has 0 aromatic rings. The van der Waals surface area contributed by atoms with Gasteiger partial charge in [0.15, 0.2) is 0 Å². The van der Waals surface area contributed by atoms with Crippen LogP contribution in [0.5, 0.6) is 0 Å². The number of piperidine rings is 1. The zero-order valence-corrected chi connectivity index (χ0v) is 11.7. The van der Waals surface area contributed by atoms with Gasteiger partial charge in [0, 0.05) is 20.3 Å². The van der Waals surface area contributed by atoms with Crippen molar-refractivity contribution in [2.75, 3.05) is 26.0 Å². The highest BCUT2D eigenvalue weighted by Gasteiger charge is 2.33. The van der Waals surface area contributed by atoms with E-state index in [0.717, 1.165) is 19.3 Å². The van der Waals surface area contributed by atoms with E-state index in [0.29, 0.717) is 19.6 Å². The number of hydrogen-bond donors (Lipinski definition) is 1. The van der Waals surface area contributed by atoms with Crippen molar-refractivity contribution < 1.29 is 13.2 Å². The second-order valence-electron chi connectivity index (χ2n) is 4.19. The molecule has 1 aliphatic heterocycles. The zero-order chi connectivity index (χ0) is 12.9. The molecule has 5 nitrogen and oxygen atoms in total. The van der Waals surface area contributed by atoms with Crippen LogP contribution in [-0.2, 0) is 14.8 Å². The Balaban J connectivity index is 2.69. The van der Waals surface area contributed by atoms with Crippen molar-refractivity contribution >= 4 is 27.2 Å².